The van der Waals surface area contributed by atoms with Crippen LogP contribution in [0.1, 0.15) is 56.9 Å². The van der Waals surface area contributed by atoms with Gasteiger partial charge in [-0.1, -0.05) is 56.1 Å². The van der Waals surface area contributed by atoms with Crippen molar-refractivity contribution in [2.45, 2.75) is 46.5 Å². The zero-order valence-corrected chi connectivity index (χ0v) is 21.3. The standard InChI is InChI=1S/C25H27Cl2N3O2S/c1-12-4-7-17(16(26)8-12)30-21-22(32-18-10-19(27)33-23(18)21)20(29-30)24(31)28-11-13-5-6-14-9-15(13)25(14,2)3/h7-8,10,12-15H,4-6,9,11H2,1-3H3,(H,28,31). The molecule has 3 aromatic rings. The van der Waals surface area contributed by atoms with Gasteiger partial charge in [-0.2, -0.15) is 5.10 Å². The molecule has 4 aliphatic carbocycles. The Labute approximate surface area is 206 Å². The summed E-state index contributed by atoms with van der Waals surface area (Å²) in [5.41, 5.74) is 3.37. The number of nitrogens with one attached hydrogen (secondary N) is 1. The second-order valence-electron chi connectivity index (χ2n) is 10.5. The van der Waals surface area contributed by atoms with Gasteiger partial charge in [0.2, 0.25) is 0 Å². The van der Waals surface area contributed by atoms with Gasteiger partial charge in [-0.3, -0.25) is 4.79 Å². The van der Waals surface area contributed by atoms with Crippen molar-refractivity contribution in [1.29, 1.82) is 0 Å². The Morgan fingerprint density at radius 3 is 2.91 bits per heavy atom. The number of aromatic nitrogens is 2. The molecule has 0 spiro atoms. The fourth-order valence-electron chi connectivity index (χ4n) is 6.22. The number of carbonyl (C=O) groups excluding carboxylic acids is 1. The Kier molecular flexibility index (Phi) is 5.02. The maximum Gasteiger partial charge on any atom is 0.275 e. The lowest BCUT2D eigenvalue weighted by atomic mass is 9.45. The molecule has 4 aliphatic rings. The molecule has 174 valence electrons. The summed E-state index contributed by atoms with van der Waals surface area (Å²) in [5.74, 6) is 2.21. The number of allylic oxidation sites excluding steroid dienone is 4. The number of hydrogen-bond acceptors (Lipinski definition) is 4. The number of carbonyl (C=O) groups is 1. The number of amides is 1. The van der Waals surface area contributed by atoms with E-state index in [4.69, 9.17) is 32.7 Å². The van der Waals surface area contributed by atoms with E-state index < -0.39 is 0 Å². The zero-order chi connectivity index (χ0) is 23.1. The predicted octanol–water partition coefficient (Wildman–Crippen LogP) is 7.30. The van der Waals surface area contributed by atoms with Crippen LogP contribution in [0.4, 0.5) is 0 Å². The van der Waals surface area contributed by atoms with E-state index in [1.807, 2.05) is 6.08 Å². The van der Waals surface area contributed by atoms with Crippen LogP contribution < -0.4 is 5.32 Å². The largest absolute Gasteiger partial charge is 0.451 e. The quantitative estimate of drug-likeness (QED) is 0.406. The Balaban J connectivity index is 1.35. The zero-order valence-electron chi connectivity index (χ0n) is 19.0. The average molecular weight is 504 g/mol. The first kappa shape index (κ1) is 21.8. The lowest BCUT2D eigenvalue weighted by molar-refractivity contribution is -0.103. The van der Waals surface area contributed by atoms with E-state index >= 15 is 0 Å². The van der Waals surface area contributed by atoms with Crippen molar-refractivity contribution in [3.8, 4) is 0 Å². The molecule has 7 rings (SSSR count). The van der Waals surface area contributed by atoms with E-state index in [0.29, 0.717) is 55.9 Å². The summed E-state index contributed by atoms with van der Waals surface area (Å²) >= 11 is 14.3. The Bertz CT molecular complexity index is 1340. The van der Waals surface area contributed by atoms with E-state index in [1.54, 1.807) is 10.7 Å². The number of thiophene rings is 1. The molecular formula is C25H27Cl2N3O2S. The number of rotatable bonds is 4. The molecule has 3 aromatic heterocycles. The molecule has 8 heteroatoms. The molecule has 0 aromatic carbocycles. The number of hydrogen-bond donors (Lipinski definition) is 1. The van der Waals surface area contributed by atoms with Crippen LogP contribution in [0, 0.1) is 29.1 Å². The average Bonchev–Trinajstić information content (AvgIpc) is 3.41. The molecule has 4 unspecified atom stereocenters. The van der Waals surface area contributed by atoms with Crippen LogP contribution in [0.25, 0.3) is 27.1 Å². The van der Waals surface area contributed by atoms with Crippen molar-refractivity contribution < 1.29 is 9.21 Å². The van der Waals surface area contributed by atoms with Crippen LogP contribution >= 0.6 is 34.5 Å². The summed E-state index contributed by atoms with van der Waals surface area (Å²) in [7, 11) is 0. The minimum atomic E-state index is -0.199. The van der Waals surface area contributed by atoms with Gasteiger partial charge in [-0.15, -0.1) is 11.3 Å². The lowest BCUT2D eigenvalue weighted by Crippen LogP contribution is -2.54. The van der Waals surface area contributed by atoms with E-state index in [9.17, 15) is 4.79 Å². The predicted molar refractivity (Wildman–Crippen MR) is 135 cm³/mol. The molecule has 3 saturated carbocycles. The van der Waals surface area contributed by atoms with E-state index in [0.717, 1.165) is 28.3 Å². The molecule has 5 nitrogen and oxygen atoms in total. The summed E-state index contributed by atoms with van der Waals surface area (Å²) in [6, 6.07) is 1.79. The van der Waals surface area contributed by atoms with Crippen LogP contribution in [0.5, 0.6) is 0 Å². The molecule has 0 saturated heterocycles. The molecule has 33 heavy (non-hydrogen) atoms. The first-order valence-electron chi connectivity index (χ1n) is 11.7. The maximum absolute atomic E-state index is 13.3. The van der Waals surface area contributed by atoms with Crippen LogP contribution in [0.2, 0.25) is 4.34 Å². The van der Waals surface area contributed by atoms with Crippen molar-refractivity contribution in [3.05, 3.63) is 33.3 Å². The Morgan fingerprint density at radius 2 is 2.18 bits per heavy atom. The monoisotopic (exact) mass is 503 g/mol. The maximum atomic E-state index is 13.3. The lowest BCUT2D eigenvalue weighted by Gasteiger charge is -2.60. The highest BCUT2D eigenvalue weighted by molar-refractivity contribution is 7.23. The molecule has 3 fully saturated rings. The van der Waals surface area contributed by atoms with Gasteiger partial charge in [-0.05, 0) is 54.8 Å². The van der Waals surface area contributed by atoms with Crippen molar-refractivity contribution in [1.82, 2.24) is 15.1 Å². The van der Waals surface area contributed by atoms with Gasteiger partial charge in [0.05, 0.1) is 15.1 Å². The molecule has 1 N–H and O–H groups in total. The normalized spacial score (nSPS) is 28.5. The minimum absolute atomic E-state index is 0.199. The highest BCUT2D eigenvalue weighted by Gasteiger charge is 2.54. The number of fused-ring (bicyclic) bond motifs is 5. The van der Waals surface area contributed by atoms with Crippen LogP contribution in [-0.4, -0.2) is 22.2 Å². The summed E-state index contributed by atoms with van der Waals surface area (Å²) in [4.78, 5) is 13.3. The fraction of sp³-hybridized carbons (Fsp3) is 0.520. The van der Waals surface area contributed by atoms with E-state index in [1.165, 1.54) is 30.6 Å². The second-order valence-corrected chi connectivity index (χ2v) is 12.6. The van der Waals surface area contributed by atoms with Gasteiger partial charge in [-0.25, -0.2) is 4.68 Å². The number of furan rings is 1. The molecule has 0 radical (unpaired) electrons. The van der Waals surface area contributed by atoms with Gasteiger partial charge < -0.3 is 9.73 Å². The van der Waals surface area contributed by atoms with Gasteiger partial charge in [0.25, 0.3) is 5.91 Å². The first-order chi connectivity index (χ1) is 15.7. The highest BCUT2D eigenvalue weighted by atomic mass is 35.5. The molecule has 0 aliphatic heterocycles. The number of halogens is 2. The van der Waals surface area contributed by atoms with Gasteiger partial charge in [0.15, 0.2) is 11.3 Å². The van der Waals surface area contributed by atoms with Crippen molar-refractivity contribution in [2.75, 3.05) is 6.54 Å². The molecule has 1 amide bonds. The summed E-state index contributed by atoms with van der Waals surface area (Å²) in [6.07, 6.45) is 8.70. The van der Waals surface area contributed by atoms with Gasteiger partial charge in [0, 0.05) is 12.6 Å². The van der Waals surface area contributed by atoms with Crippen LogP contribution in [0.3, 0.4) is 0 Å². The summed E-state index contributed by atoms with van der Waals surface area (Å²) in [6.45, 7) is 7.55. The third kappa shape index (κ3) is 3.32. The Morgan fingerprint density at radius 1 is 1.36 bits per heavy atom. The summed E-state index contributed by atoms with van der Waals surface area (Å²) in [5, 5.41) is 8.51. The van der Waals surface area contributed by atoms with Crippen molar-refractivity contribution in [3.63, 3.8) is 0 Å². The molecule has 2 bridgehead atoms. The third-order valence-corrected chi connectivity index (χ3v) is 9.84. The molecule has 4 atom stereocenters. The van der Waals surface area contributed by atoms with Gasteiger partial charge >= 0.3 is 0 Å². The van der Waals surface area contributed by atoms with E-state index in [-0.39, 0.29) is 5.91 Å². The fourth-order valence-corrected chi connectivity index (χ4v) is 7.76. The van der Waals surface area contributed by atoms with Crippen LogP contribution in [0.15, 0.2) is 27.7 Å². The van der Waals surface area contributed by atoms with E-state index in [2.05, 4.69) is 32.2 Å². The minimum Gasteiger partial charge on any atom is -0.451 e. The third-order valence-electron chi connectivity index (χ3n) is 8.26. The highest BCUT2D eigenvalue weighted by Crippen LogP contribution is 2.61. The first-order valence-corrected chi connectivity index (χ1v) is 13.3. The topological polar surface area (TPSA) is 60.1 Å². The SMILES string of the molecule is CC1C=C(Cl)C(n2nc(C(=O)NCC3CCC4CC3C4(C)C)c3oc4cc(Cl)sc4c32)=CC1. The number of nitrogens with zero attached hydrogens (tertiary/aromatic N) is 2. The summed E-state index contributed by atoms with van der Waals surface area (Å²) < 4.78 is 9.37. The molecule has 3 heterocycles. The molecular weight excluding hydrogens is 477 g/mol. The van der Waals surface area contributed by atoms with Crippen molar-refractivity contribution in [2.24, 2.45) is 29.1 Å². The van der Waals surface area contributed by atoms with Crippen LogP contribution in [-0.2, 0) is 0 Å². The second kappa shape index (κ2) is 7.62. The van der Waals surface area contributed by atoms with Gasteiger partial charge in [0.1, 0.15) is 15.8 Å². The smallest absolute Gasteiger partial charge is 0.275 e. The Hall–Kier alpha value is -1.76. The van der Waals surface area contributed by atoms with Crippen molar-refractivity contribution >= 4 is 67.5 Å².